The first-order valence-electron chi connectivity index (χ1n) is 9.81. The van der Waals surface area contributed by atoms with Gasteiger partial charge in [0.2, 0.25) is 0 Å². The Kier molecular flexibility index (Phi) is 7.32. The van der Waals surface area contributed by atoms with E-state index in [4.69, 9.17) is 4.74 Å². The topological polar surface area (TPSA) is 26.3 Å². The van der Waals surface area contributed by atoms with Crippen molar-refractivity contribution in [2.24, 2.45) is 0 Å². The smallest absolute Gasteiger partial charge is 0.185 e. The Labute approximate surface area is 173 Å². The number of carbonyl (C=O) groups is 1. The van der Waals surface area contributed by atoms with Crippen molar-refractivity contribution in [1.82, 2.24) is 0 Å². The summed E-state index contributed by atoms with van der Waals surface area (Å²) in [4.78, 5) is 12.1. The van der Waals surface area contributed by atoms with Gasteiger partial charge in [0, 0.05) is 5.56 Å². The van der Waals surface area contributed by atoms with Crippen molar-refractivity contribution in [1.29, 1.82) is 0 Å². The highest BCUT2D eigenvalue weighted by molar-refractivity contribution is 6.06. The van der Waals surface area contributed by atoms with Gasteiger partial charge >= 0.3 is 0 Å². The summed E-state index contributed by atoms with van der Waals surface area (Å²) in [5.41, 5.74) is 6.32. The van der Waals surface area contributed by atoms with Crippen LogP contribution in [0.4, 0.5) is 0 Å². The van der Waals surface area contributed by atoms with Gasteiger partial charge in [0.25, 0.3) is 0 Å². The molecule has 0 unspecified atom stereocenters. The summed E-state index contributed by atoms with van der Waals surface area (Å²) in [7, 11) is 0. The van der Waals surface area contributed by atoms with E-state index in [2.05, 4.69) is 43.0 Å². The predicted molar refractivity (Wildman–Crippen MR) is 121 cm³/mol. The van der Waals surface area contributed by atoms with Gasteiger partial charge in [-0.05, 0) is 41.7 Å². The Morgan fingerprint density at radius 3 is 2.17 bits per heavy atom. The lowest BCUT2D eigenvalue weighted by Crippen LogP contribution is -1.99. The molecule has 0 aliphatic carbocycles. The summed E-state index contributed by atoms with van der Waals surface area (Å²) < 4.78 is 5.80. The Bertz CT molecular complexity index is 965. The fourth-order valence-electron chi connectivity index (χ4n) is 2.93. The number of carbonyl (C=O) groups excluding carboxylic acids is 1. The van der Waals surface area contributed by atoms with Crippen molar-refractivity contribution in [2.45, 2.75) is 20.0 Å². The molecule has 0 radical (unpaired) electrons. The highest BCUT2D eigenvalue weighted by Crippen LogP contribution is 2.13. The molecule has 0 saturated carbocycles. The summed E-state index contributed by atoms with van der Waals surface area (Å²) in [5.74, 6) is 0.0133. The van der Waals surface area contributed by atoms with Crippen LogP contribution in [0.15, 0.2) is 91.5 Å². The van der Waals surface area contributed by atoms with Gasteiger partial charge in [-0.25, -0.2) is 0 Å². The van der Waals surface area contributed by atoms with Crippen LogP contribution < -0.4 is 0 Å². The van der Waals surface area contributed by atoms with E-state index in [9.17, 15) is 4.79 Å². The van der Waals surface area contributed by atoms with E-state index in [0.29, 0.717) is 18.8 Å². The summed E-state index contributed by atoms with van der Waals surface area (Å²) >= 11 is 0. The second-order valence-corrected chi connectivity index (χ2v) is 7.09. The molecule has 2 heteroatoms. The van der Waals surface area contributed by atoms with E-state index in [1.165, 1.54) is 11.1 Å². The predicted octanol–water partition coefficient (Wildman–Crippen LogP) is 6.38. The molecule has 0 aliphatic heterocycles. The third-order valence-electron chi connectivity index (χ3n) is 4.72. The zero-order valence-corrected chi connectivity index (χ0v) is 16.8. The van der Waals surface area contributed by atoms with E-state index in [0.717, 1.165) is 23.1 Å². The van der Waals surface area contributed by atoms with Gasteiger partial charge in [-0.2, -0.15) is 0 Å². The molecule has 29 heavy (non-hydrogen) atoms. The molecule has 2 nitrogen and oxygen atoms in total. The van der Waals surface area contributed by atoms with Gasteiger partial charge in [0.05, 0.1) is 13.2 Å². The fourth-order valence-corrected chi connectivity index (χ4v) is 2.93. The Morgan fingerprint density at radius 2 is 1.52 bits per heavy atom. The summed E-state index contributed by atoms with van der Waals surface area (Å²) in [5, 5.41) is 0. The lowest BCUT2D eigenvalue weighted by molar-refractivity contribution is 0.104. The number of rotatable bonds is 9. The lowest BCUT2D eigenvalue weighted by atomic mass is 10.1. The maximum atomic E-state index is 12.1. The molecule has 0 amide bonds. The minimum atomic E-state index is 0.0133. The number of allylic oxidation sites excluding steroid dienone is 2. The van der Waals surface area contributed by atoms with E-state index in [1.54, 1.807) is 6.08 Å². The number of benzene rings is 3. The number of hydrogen-bond acceptors (Lipinski definition) is 2. The standard InChI is InChI=1S/C27H26O2/c1-21(2)25-15-12-24(13-16-25)20-29-19-18-23-10-8-22(9-11-23)14-17-27(28)26-6-4-3-5-7-26/h3-17H,1,18-20H2,2H3/b17-14+. The zero-order valence-electron chi connectivity index (χ0n) is 16.8. The third kappa shape index (κ3) is 6.41. The first kappa shape index (κ1) is 20.5. The average Bonchev–Trinajstić information content (AvgIpc) is 2.77. The molecular formula is C27H26O2. The van der Waals surface area contributed by atoms with Crippen molar-refractivity contribution >= 4 is 17.4 Å². The maximum absolute atomic E-state index is 12.1. The van der Waals surface area contributed by atoms with Crippen LogP contribution in [-0.2, 0) is 17.8 Å². The SMILES string of the molecule is C=C(C)c1ccc(COCCc2ccc(/C=C/C(=O)c3ccccc3)cc2)cc1. The van der Waals surface area contributed by atoms with Crippen LogP contribution in [0.2, 0.25) is 0 Å². The number of hydrogen-bond donors (Lipinski definition) is 0. The van der Waals surface area contributed by atoms with Gasteiger partial charge in [0.1, 0.15) is 0 Å². The molecule has 3 rings (SSSR count). The molecule has 0 bridgehead atoms. The second-order valence-electron chi connectivity index (χ2n) is 7.09. The number of ketones is 1. The number of ether oxygens (including phenoxy) is 1. The van der Waals surface area contributed by atoms with Gasteiger partial charge in [-0.15, -0.1) is 0 Å². The third-order valence-corrected chi connectivity index (χ3v) is 4.72. The second kappa shape index (κ2) is 10.4. The quantitative estimate of drug-likeness (QED) is 0.244. The summed E-state index contributed by atoms with van der Waals surface area (Å²) in [6.45, 7) is 7.24. The molecular weight excluding hydrogens is 356 g/mol. The van der Waals surface area contributed by atoms with Crippen LogP contribution in [0, 0.1) is 0 Å². The molecule has 0 fully saturated rings. The van der Waals surface area contributed by atoms with Crippen LogP contribution in [0.1, 0.15) is 39.5 Å². The summed E-state index contributed by atoms with van der Waals surface area (Å²) in [6, 6.07) is 25.8. The van der Waals surface area contributed by atoms with Crippen LogP contribution in [-0.4, -0.2) is 12.4 Å². The molecule has 0 spiro atoms. The van der Waals surface area contributed by atoms with Crippen molar-refractivity contribution in [3.8, 4) is 0 Å². The van der Waals surface area contributed by atoms with Crippen molar-refractivity contribution < 1.29 is 9.53 Å². The van der Waals surface area contributed by atoms with E-state index in [-0.39, 0.29) is 5.78 Å². The molecule has 3 aromatic carbocycles. The summed E-state index contributed by atoms with van der Waals surface area (Å²) in [6.07, 6.45) is 4.33. The molecule has 0 N–H and O–H groups in total. The Morgan fingerprint density at radius 1 is 0.862 bits per heavy atom. The van der Waals surface area contributed by atoms with E-state index in [1.807, 2.05) is 55.5 Å². The fraction of sp³-hybridized carbons (Fsp3) is 0.148. The van der Waals surface area contributed by atoms with Crippen LogP contribution in [0.25, 0.3) is 11.6 Å². The molecule has 0 heterocycles. The van der Waals surface area contributed by atoms with Crippen molar-refractivity contribution in [3.05, 3.63) is 119 Å². The highest BCUT2D eigenvalue weighted by atomic mass is 16.5. The van der Waals surface area contributed by atoms with Crippen molar-refractivity contribution in [2.75, 3.05) is 6.61 Å². The average molecular weight is 383 g/mol. The monoisotopic (exact) mass is 382 g/mol. The van der Waals surface area contributed by atoms with Gasteiger partial charge in [-0.3, -0.25) is 4.79 Å². The highest BCUT2D eigenvalue weighted by Gasteiger charge is 2.00. The Balaban J connectivity index is 1.44. The molecule has 3 aromatic rings. The molecule has 0 aromatic heterocycles. The minimum absolute atomic E-state index is 0.0133. The Hall–Kier alpha value is -3.23. The molecule has 0 saturated heterocycles. The minimum Gasteiger partial charge on any atom is -0.376 e. The van der Waals surface area contributed by atoms with Crippen molar-refractivity contribution in [3.63, 3.8) is 0 Å². The van der Waals surface area contributed by atoms with Crippen LogP contribution >= 0.6 is 0 Å². The van der Waals surface area contributed by atoms with Gasteiger partial charge < -0.3 is 4.74 Å². The normalized spacial score (nSPS) is 10.9. The lowest BCUT2D eigenvalue weighted by Gasteiger charge is -2.06. The van der Waals surface area contributed by atoms with Gasteiger partial charge in [0.15, 0.2) is 5.78 Å². The first-order chi connectivity index (χ1) is 14.1. The molecule has 0 atom stereocenters. The first-order valence-corrected chi connectivity index (χ1v) is 9.81. The van der Waals surface area contributed by atoms with E-state index < -0.39 is 0 Å². The zero-order chi connectivity index (χ0) is 20.5. The van der Waals surface area contributed by atoms with Gasteiger partial charge in [-0.1, -0.05) is 97.1 Å². The largest absolute Gasteiger partial charge is 0.376 e. The van der Waals surface area contributed by atoms with Crippen LogP contribution in [0.3, 0.4) is 0 Å². The molecule has 0 aliphatic rings. The molecule has 146 valence electrons. The van der Waals surface area contributed by atoms with E-state index >= 15 is 0 Å². The maximum Gasteiger partial charge on any atom is 0.185 e. The van der Waals surface area contributed by atoms with Crippen LogP contribution in [0.5, 0.6) is 0 Å².